The second-order valence-corrected chi connectivity index (χ2v) is 7.45. The molecule has 2 aromatic carbocycles. The van der Waals surface area contributed by atoms with Crippen molar-refractivity contribution in [2.24, 2.45) is 19.2 Å². The van der Waals surface area contributed by atoms with E-state index in [0.29, 0.717) is 11.3 Å². The Morgan fingerprint density at radius 1 is 1.12 bits per heavy atom. The minimum Gasteiger partial charge on any atom is -0.379 e. The van der Waals surface area contributed by atoms with E-state index in [0.717, 1.165) is 22.1 Å². The monoisotopic (exact) mass is 445 g/mol. The number of rotatable bonds is 5. The first-order valence-electron chi connectivity index (χ1n) is 9.95. The summed E-state index contributed by atoms with van der Waals surface area (Å²) in [6.45, 7) is -0.0777. The normalized spacial score (nSPS) is 11.7. The Kier molecular flexibility index (Phi) is 4.74. The standard InChI is InChI=1S/C21H19N9O3/c1-28-15-8-7-12(9-16(15)29(2)21(28)32)10-23-25-17(31)11-30-14-6-4-3-5-13(14)24-20(30)18-19(22)27-33-26-18/h3-10H,11H2,1-2H3,(H2,22,27)(H,25,31)/b23-10-. The first-order valence-corrected chi connectivity index (χ1v) is 9.95. The van der Waals surface area contributed by atoms with Crippen LogP contribution in [0.3, 0.4) is 0 Å². The summed E-state index contributed by atoms with van der Waals surface area (Å²) in [7, 11) is 3.42. The number of nitrogens with zero attached hydrogens (tertiary/aromatic N) is 7. The Morgan fingerprint density at radius 2 is 1.91 bits per heavy atom. The number of imidazole rings is 2. The van der Waals surface area contributed by atoms with E-state index in [-0.39, 0.29) is 29.7 Å². The van der Waals surface area contributed by atoms with E-state index in [1.54, 1.807) is 27.8 Å². The highest BCUT2D eigenvalue weighted by Gasteiger charge is 2.20. The molecular formula is C21H19N9O3. The fourth-order valence-corrected chi connectivity index (χ4v) is 3.73. The van der Waals surface area contributed by atoms with Gasteiger partial charge in [-0.2, -0.15) is 5.10 Å². The van der Waals surface area contributed by atoms with Crippen molar-refractivity contribution in [2.45, 2.75) is 6.54 Å². The van der Waals surface area contributed by atoms with Gasteiger partial charge >= 0.3 is 5.69 Å². The lowest BCUT2D eigenvalue weighted by molar-refractivity contribution is -0.121. The number of aromatic nitrogens is 6. The number of amides is 1. The molecule has 0 aliphatic carbocycles. The highest BCUT2D eigenvalue weighted by Crippen LogP contribution is 2.26. The maximum Gasteiger partial charge on any atom is 0.328 e. The second-order valence-electron chi connectivity index (χ2n) is 7.45. The molecular weight excluding hydrogens is 426 g/mol. The lowest BCUT2D eigenvalue weighted by Gasteiger charge is -2.06. The van der Waals surface area contributed by atoms with Crippen LogP contribution in [0.1, 0.15) is 5.56 Å². The van der Waals surface area contributed by atoms with Crippen molar-refractivity contribution in [3.63, 3.8) is 0 Å². The predicted octanol–water partition coefficient (Wildman–Crippen LogP) is 1.01. The number of benzene rings is 2. The van der Waals surface area contributed by atoms with Crippen LogP contribution in [-0.2, 0) is 25.4 Å². The average Bonchev–Trinajstić information content (AvgIpc) is 3.46. The van der Waals surface area contributed by atoms with Gasteiger partial charge in [-0.1, -0.05) is 18.2 Å². The van der Waals surface area contributed by atoms with Crippen molar-refractivity contribution in [1.29, 1.82) is 0 Å². The third-order valence-corrected chi connectivity index (χ3v) is 5.38. The highest BCUT2D eigenvalue weighted by molar-refractivity contribution is 5.89. The summed E-state index contributed by atoms with van der Waals surface area (Å²) in [5.41, 5.74) is 12.2. The van der Waals surface area contributed by atoms with Gasteiger partial charge in [-0.25, -0.2) is 19.8 Å². The lowest BCUT2D eigenvalue weighted by Crippen LogP contribution is -2.23. The maximum atomic E-state index is 12.7. The summed E-state index contributed by atoms with van der Waals surface area (Å²) in [5, 5.41) is 11.5. The van der Waals surface area contributed by atoms with Gasteiger partial charge in [0.15, 0.2) is 17.3 Å². The van der Waals surface area contributed by atoms with E-state index in [4.69, 9.17) is 10.4 Å². The fraction of sp³-hybridized carbons (Fsp3) is 0.143. The molecule has 0 radical (unpaired) electrons. The van der Waals surface area contributed by atoms with Gasteiger partial charge in [0, 0.05) is 14.1 Å². The van der Waals surface area contributed by atoms with Crippen LogP contribution >= 0.6 is 0 Å². The molecule has 0 fully saturated rings. The molecule has 5 rings (SSSR count). The van der Waals surface area contributed by atoms with Gasteiger partial charge in [-0.05, 0) is 40.1 Å². The molecule has 0 spiro atoms. The first kappa shape index (κ1) is 20.2. The maximum absolute atomic E-state index is 12.7. The Bertz CT molecular complexity index is 1600. The summed E-state index contributed by atoms with van der Waals surface area (Å²) in [6, 6.07) is 12.8. The predicted molar refractivity (Wildman–Crippen MR) is 121 cm³/mol. The third-order valence-electron chi connectivity index (χ3n) is 5.38. The van der Waals surface area contributed by atoms with Gasteiger partial charge in [0.1, 0.15) is 6.54 Å². The first-order chi connectivity index (χ1) is 15.9. The quantitative estimate of drug-likeness (QED) is 0.303. The van der Waals surface area contributed by atoms with E-state index in [1.165, 1.54) is 6.21 Å². The van der Waals surface area contributed by atoms with Gasteiger partial charge in [-0.15, -0.1) is 0 Å². The minimum absolute atomic E-state index is 0.0777. The zero-order valence-electron chi connectivity index (χ0n) is 17.8. The zero-order chi connectivity index (χ0) is 23.1. The van der Waals surface area contributed by atoms with Crippen molar-refractivity contribution in [2.75, 3.05) is 5.73 Å². The second kappa shape index (κ2) is 7.75. The van der Waals surface area contributed by atoms with Gasteiger partial charge in [-0.3, -0.25) is 13.9 Å². The number of hydrazone groups is 1. The highest BCUT2D eigenvalue weighted by atomic mass is 16.6. The number of nitrogens with two attached hydrogens (primary N) is 1. The molecule has 1 amide bonds. The average molecular weight is 445 g/mol. The van der Waals surface area contributed by atoms with Crippen LogP contribution in [0, 0.1) is 0 Å². The zero-order valence-corrected chi connectivity index (χ0v) is 17.8. The van der Waals surface area contributed by atoms with Crippen molar-refractivity contribution in [3.8, 4) is 11.5 Å². The van der Waals surface area contributed by atoms with E-state index in [1.807, 2.05) is 42.5 Å². The topological polar surface area (TPSA) is 151 Å². The number of carbonyl (C=O) groups is 1. The SMILES string of the molecule is Cn1c(=O)n(C)c2cc(/C=N\NC(=O)Cn3c(-c4nonc4N)nc4ccccc43)ccc21. The molecule has 166 valence electrons. The van der Waals surface area contributed by atoms with Gasteiger partial charge in [0.2, 0.25) is 0 Å². The van der Waals surface area contributed by atoms with E-state index >= 15 is 0 Å². The number of fused-ring (bicyclic) bond motifs is 2. The van der Waals surface area contributed by atoms with Crippen molar-refractivity contribution < 1.29 is 9.42 Å². The van der Waals surface area contributed by atoms with Crippen molar-refractivity contribution >= 4 is 40.0 Å². The van der Waals surface area contributed by atoms with E-state index in [2.05, 4.69) is 25.8 Å². The van der Waals surface area contributed by atoms with Gasteiger partial charge in [0.05, 0.1) is 28.3 Å². The number of hydrogen-bond donors (Lipinski definition) is 2. The van der Waals surface area contributed by atoms with Crippen molar-refractivity contribution in [3.05, 3.63) is 58.5 Å². The van der Waals surface area contributed by atoms with Gasteiger partial charge in [0.25, 0.3) is 5.91 Å². The van der Waals surface area contributed by atoms with Crippen LogP contribution in [0.25, 0.3) is 33.6 Å². The molecule has 12 nitrogen and oxygen atoms in total. The molecule has 12 heteroatoms. The number of nitrogens with one attached hydrogen (secondary N) is 1. The Hall–Kier alpha value is -4.74. The largest absolute Gasteiger partial charge is 0.379 e. The summed E-state index contributed by atoms with van der Waals surface area (Å²) >= 11 is 0. The molecule has 0 aliphatic heterocycles. The summed E-state index contributed by atoms with van der Waals surface area (Å²) in [4.78, 5) is 29.3. The van der Waals surface area contributed by atoms with Crippen LogP contribution in [-0.4, -0.2) is 41.1 Å². The van der Waals surface area contributed by atoms with Gasteiger partial charge < -0.3 is 10.3 Å². The van der Waals surface area contributed by atoms with Crippen LogP contribution in [0.2, 0.25) is 0 Å². The van der Waals surface area contributed by atoms with Crippen LogP contribution < -0.4 is 16.8 Å². The molecule has 3 aromatic heterocycles. The summed E-state index contributed by atoms with van der Waals surface area (Å²) in [5.74, 6) is 0.0686. The summed E-state index contributed by atoms with van der Waals surface area (Å²) in [6.07, 6.45) is 1.52. The molecule has 0 saturated carbocycles. The third kappa shape index (κ3) is 3.43. The molecule has 3 heterocycles. The summed E-state index contributed by atoms with van der Waals surface area (Å²) < 4.78 is 9.49. The lowest BCUT2D eigenvalue weighted by atomic mass is 10.2. The molecule has 5 aromatic rings. The fourth-order valence-electron chi connectivity index (χ4n) is 3.73. The van der Waals surface area contributed by atoms with E-state index in [9.17, 15) is 9.59 Å². The van der Waals surface area contributed by atoms with E-state index < -0.39 is 0 Å². The number of anilines is 1. The molecule has 0 bridgehead atoms. The minimum atomic E-state index is -0.376. The molecule has 0 aliphatic rings. The molecule has 3 N–H and O–H groups in total. The Morgan fingerprint density at radius 3 is 2.70 bits per heavy atom. The molecule has 0 atom stereocenters. The Balaban J connectivity index is 1.38. The van der Waals surface area contributed by atoms with Crippen LogP contribution in [0.4, 0.5) is 5.82 Å². The van der Waals surface area contributed by atoms with Crippen LogP contribution in [0.15, 0.2) is 57.0 Å². The number of nitrogen functional groups attached to an aromatic ring is 1. The molecule has 0 unspecified atom stereocenters. The molecule has 0 saturated heterocycles. The number of aryl methyl sites for hydroxylation is 2. The smallest absolute Gasteiger partial charge is 0.328 e. The molecule has 33 heavy (non-hydrogen) atoms. The van der Waals surface area contributed by atoms with Crippen LogP contribution in [0.5, 0.6) is 0 Å². The number of carbonyl (C=O) groups excluding carboxylic acids is 1. The number of hydrogen-bond acceptors (Lipinski definition) is 8. The Labute approximate surface area is 185 Å². The van der Waals surface area contributed by atoms with Crippen molar-refractivity contribution in [1.82, 2.24) is 34.4 Å². The number of para-hydroxylation sites is 2.